The Hall–Kier alpha value is -2.63. The summed E-state index contributed by atoms with van der Waals surface area (Å²) in [6.07, 6.45) is 4.55. The molecule has 6 nitrogen and oxygen atoms in total. The SMILES string of the molecule is CCc1nc2ccc(C(=O)O)cc2n1Cc1cnn(C)c1. The molecule has 0 bridgehead atoms. The first-order valence-corrected chi connectivity index (χ1v) is 6.78. The number of hydrogen-bond donors (Lipinski definition) is 1. The zero-order valence-corrected chi connectivity index (χ0v) is 11.9. The van der Waals surface area contributed by atoms with Crippen LogP contribution in [0.3, 0.4) is 0 Å². The van der Waals surface area contributed by atoms with Crippen molar-refractivity contribution < 1.29 is 9.90 Å². The van der Waals surface area contributed by atoms with Gasteiger partial charge in [-0.25, -0.2) is 9.78 Å². The van der Waals surface area contributed by atoms with Crippen molar-refractivity contribution in [2.24, 2.45) is 7.05 Å². The van der Waals surface area contributed by atoms with Crippen LogP contribution in [-0.2, 0) is 20.0 Å². The number of fused-ring (bicyclic) bond motifs is 1. The second-order valence-electron chi connectivity index (χ2n) is 5.00. The topological polar surface area (TPSA) is 72.9 Å². The van der Waals surface area contributed by atoms with Gasteiger partial charge in [-0.05, 0) is 18.2 Å². The summed E-state index contributed by atoms with van der Waals surface area (Å²) < 4.78 is 3.81. The van der Waals surface area contributed by atoms with Crippen LogP contribution in [0.2, 0.25) is 0 Å². The average Bonchev–Trinajstić information content (AvgIpc) is 3.02. The number of aryl methyl sites for hydroxylation is 2. The Morgan fingerprint density at radius 1 is 1.38 bits per heavy atom. The molecule has 0 atom stereocenters. The van der Waals surface area contributed by atoms with Gasteiger partial charge in [0.05, 0.1) is 29.3 Å². The van der Waals surface area contributed by atoms with Crippen LogP contribution in [0, 0.1) is 0 Å². The third-order valence-electron chi connectivity index (χ3n) is 3.49. The number of benzene rings is 1. The fourth-order valence-electron chi connectivity index (χ4n) is 2.49. The molecule has 0 saturated carbocycles. The second kappa shape index (κ2) is 5.05. The van der Waals surface area contributed by atoms with Crippen molar-refractivity contribution in [2.45, 2.75) is 19.9 Å². The molecular formula is C15H16N4O2. The number of carboxylic acids is 1. The highest BCUT2D eigenvalue weighted by Gasteiger charge is 2.13. The Balaban J connectivity index is 2.13. The summed E-state index contributed by atoms with van der Waals surface area (Å²) in [7, 11) is 1.87. The molecular weight excluding hydrogens is 268 g/mol. The van der Waals surface area contributed by atoms with Crippen LogP contribution in [0.4, 0.5) is 0 Å². The molecule has 0 saturated heterocycles. The van der Waals surface area contributed by atoms with Crippen LogP contribution in [0.25, 0.3) is 11.0 Å². The predicted octanol–water partition coefficient (Wildman–Crippen LogP) is 2.08. The summed E-state index contributed by atoms with van der Waals surface area (Å²) in [4.78, 5) is 15.7. The Morgan fingerprint density at radius 2 is 2.19 bits per heavy atom. The maximum absolute atomic E-state index is 11.2. The molecule has 3 rings (SSSR count). The second-order valence-corrected chi connectivity index (χ2v) is 5.00. The molecule has 3 aromatic rings. The molecule has 0 radical (unpaired) electrons. The van der Waals surface area contributed by atoms with E-state index in [4.69, 9.17) is 5.11 Å². The molecule has 0 unspecified atom stereocenters. The predicted molar refractivity (Wildman–Crippen MR) is 78.4 cm³/mol. The van der Waals surface area contributed by atoms with Crippen molar-refractivity contribution in [3.63, 3.8) is 0 Å². The summed E-state index contributed by atoms with van der Waals surface area (Å²) in [6.45, 7) is 2.68. The minimum atomic E-state index is -0.927. The van der Waals surface area contributed by atoms with Gasteiger partial charge in [0.15, 0.2) is 0 Å². The molecule has 1 aromatic carbocycles. The number of carboxylic acid groups (broad SMARTS) is 1. The highest BCUT2D eigenvalue weighted by atomic mass is 16.4. The van der Waals surface area contributed by atoms with E-state index in [1.165, 1.54) is 0 Å². The number of hydrogen-bond acceptors (Lipinski definition) is 3. The number of rotatable bonds is 4. The fourth-order valence-corrected chi connectivity index (χ4v) is 2.49. The first kappa shape index (κ1) is 13.4. The van der Waals surface area contributed by atoms with Gasteiger partial charge >= 0.3 is 5.97 Å². The zero-order valence-electron chi connectivity index (χ0n) is 11.9. The standard InChI is InChI=1S/C15H16N4O2/c1-3-14-17-12-5-4-11(15(20)21)6-13(12)19(14)9-10-7-16-18(2)8-10/h4-8H,3,9H2,1-2H3,(H,20,21). The van der Waals surface area contributed by atoms with E-state index in [0.29, 0.717) is 6.54 Å². The highest BCUT2D eigenvalue weighted by Crippen LogP contribution is 2.20. The molecule has 6 heteroatoms. The largest absolute Gasteiger partial charge is 0.478 e. The summed E-state index contributed by atoms with van der Waals surface area (Å²) in [5.41, 5.74) is 3.00. The van der Waals surface area contributed by atoms with Crippen molar-refractivity contribution in [3.05, 3.63) is 47.5 Å². The van der Waals surface area contributed by atoms with Crippen LogP contribution >= 0.6 is 0 Å². The molecule has 2 aromatic heterocycles. The molecule has 2 heterocycles. The molecule has 0 aliphatic carbocycles. The van der Waals surface area contributed by atoms with Gasteiger partial charge in [-0.1, -0.05) is 6.92 Å². The molecule has 1 N–H and O–H groups in total. The van der Waals surface area contributed by atoms with Gasteiger partial charge in [-0.15, -0.1) is 0 Å². The van der Waals surface area contributed by atoms with E-state index >= 15 is 0 Å². The van der Waals surface area contributed by atoms with Crippen LogP contribution < -0.4 is 0 Å². The lowest BCUT2D eigenvalue weighted by Crippen LogP contribution is -2.04. The lowest BCUT2D eigenvalue weighted by molar-refractivity contribution is 0.0697. The normalized spacial score (nSPS) is 11.1. The Morgan fingerprint density at radius 3 is 2.81 bits per heavy atom. The summed E-state index contributed by atoms with van der Waals surface area (Å²) >= 11 is 0. The van der Waals surface area contributed by atoms with E-state index < -0.39 is 5.97 Å². The average molecular weight is 284 g/mol. The summed E-state index contributed by atoms with van der Waals surface area (Å²) in [6, 6.07) is 5.03. The monoisotopic (exact) mass is 284 g/mol. The van der Waals surface area contributed by atoms with Gasteiger partial charge in [0.1, 0.15) is 5.82 Å². The van der Waals surface area contributed by atoms with E-state index in [2.05, 4.69) is 14.6 Å². The number of imidazole rings is 1. The van der Waals surface area contributed by atoms with Gasteiger partial charge in [-0.3, -0.25) is 4.68 Å². The molecule has 0 spiro atoms. The first-order valence-electron chi connectivity index (χ1n) is 6.78. The maximum atomic E-state index is 11.2. The highest BCUT2D eigenvalue weighted by molar-refractivity contribution is 5.92. The van der Waals surface area contributed by atoms with Crippen molar-refractivity contribution in [3.8, 4) is 0 Å². The quantitative estimate of drug-likeness (QED) is 0.796. The number of carbonyl (C=O) groups is 1. The Kier molecular flexibility index (Phi) is 3.21. The lowest BCUT2D eigenvalue weighted by atomic mass is 10.2. The smallest absolute Gasteiger partial charge is 0.335 e. The summed E-state index contributed by atoms with van der Waals surface area (Å²) in [5, 5.41) is 13.3. The fraction of sp³-hybridized carbons (Fsp3) is 0.267. The number of aromatic carboxylic acids is 1. The third kappa shape index (κ3) is 2.40. The van der Waals surface area contributed by atoms with Crippen LogP contribution in [0.5, 0.6) is 0 Å². The van der Waals surface area contributed by atoms with E-state index in [1.807, 2.05) is 26.4 Å². The Bertz CT molecular complexity index is 816. The van der Waals surface area contributed by atoms with Crippen molar-refractivity contribution in [2.75, 3.05) is 0 Å². The van der Waals surface area contributed by atoms with Gasteiger partial charge in [0, 0.05) is 25.2 Å². The molecule has 21 heavy (non-hydrogen) atoms. The van der Waals surface area contributed by atoms with Crippen molar-refractivity contribution in [1.29, 1.82) is 0 Å². The van der Waals surface area contributed by atoms with Crippen molar-refractivity contribution >= 4 is 17.0 Å². The lowest BCUT2D eigenvalue weighted by Gasteiger charge is -2.06. The van der Waals surface area contributed by atoms with E-state index in [9.17, 15) is 4.79 Å². The van der Waals surface area contributed by atoms with E-state index in [0.717, 1.165) is 28.8 Å². The molecule has 108 valence electrons. The molecule has 0 fully saturated rings. The van der Waals surface area contributed by atoms with Crippen LogP contribution in [-0.4, -0.2) is 30.4 Å². The molecule has 0 aliphatic rings. The third-order valence-corrected chi connectivity index (χ3v) is 3.49. The van der Waals surface area contributed by atoms with Gasteiger partial charge in [-0.2, -0.15) is 5.10 Å². The van der Waals surface area contributed by atoms with Gasteiger partial charge in [0.2, 0.25) is 0 Å². The van der Waals surface area contributed by atoms with Crippen molar-refractivity contribution in [1.82, 2.24) is 19.3 Å². The van der Waals surface area contributed by atoms with Crippen LogP contribution in [0.1, 0.15) is 28.7 Å². The van der Waals surface area contributed by atoms with Crippen LogP contribution in [0.15, 0.2) is 30.6 Å². The van der Waals surface area contributed by atoms with Gasteiger partial charge < -0.3 is 9.67 Å². The first-order chi connectivity index (χ1) is 10.1. The number of aromatic nitrogens is 4. The van der Waals surface area contributed by atoms with Gasteiger partial charge in [0.25, 0.3) is 0 Å². The van der Waals surface area contributed by atoms with E-state index in [-0.39, 0.29) is 5.56 Å². The summed E-state index contributed by atoms with van der Waals surface area (Å²) in [5.74, 6) is 0.0143. The zero-order chi connectivity index (χ0) is 15.0. The minimum absolute atomic E-state index is 0.275. The van der Waals surface area contributed by atoms with E-state index in [1.54, 1.807) is 22.9 Å². The minimum Gasteiger partial charge on any atom is -0.478 e. The number of nitrogens with zero attached hydrogens (tertiary/aromatic N) is 4. The molecule has 0 aliphatic heterocycles. The maximum Gasteiger partial charge on any atom is 0.335 e. The molecule has 0 amide bonds. The Labute approximate surface area is 121 Å².